The topological polar surface area (TPSA) is 37.3 Å². The highest BCUT2D eigenvalue weighted by Gasteiger charge is 2.36. The first-order chi connectivity index (χ1) is 5.05. The first-order valence-corrected chi connectivity index (χ1v) is 4.26. The van der Waals surface area contributed by atoms with Crippen molar-refractivity contribution in [2.45, 2.75) is 45.6 Å². The Morgan fingerprint density at radius 2 is 2.09 bits per heavy atom. The van der Waals surface area contributed by atoms with Crippen LogP contribution < -0.4 is 0 Å². The lowest BCUT2D eigenvalue weighted by molar-refractivity contribution is -0.132. The van der Waals surface area contributed by atoms with Gasteiger partial charge in [0.1, 0.15) is 5.78 Å². The molecule has 0 saturated heterocycles. The molecular formula is C9H16O2. The molecule has 0 amide bonds. The van der Waals surface area contributed by atoms with Gasteiger partial charge in [0.15, 0.2) is 0 Å². The molecule has 0 spiro atoms. The highest BCUT2D eigenvalue weighted by Crippen LogP contribution is 2.30. The van der Waals surface area contributed by atoms with Gasteiger partial charge in [0.05, 0.1) is 6.10 Å². The molecule has 1 fully saturated rings. The van der Waals surface area contributed by atoms with Crippen molar-refractivity contribution >= 4 is 5.78 Å². The van der Waals surface area contributed by atoms with Gasteiger partial charge in [-0.25, -0.2) is 0 Å². The van der Waals surface area contributed by atoms with Gasteiger partial charge in [-0.05, 0) is 12.8 Å². The normalized spacial score (nSPS) is 31.5. The van der Waals surface area contributed by atoms with E-state index in [1.165, 1.54) is 0 Å². The Balaban J connectivity index is 2.76. The first kappa shape index (κ1) is 8.72. The van der Waals surface area contributed by atoms with Crippen LogP contribution >= 0.6 is 0 Å². The molecule has 1 aliphatic carbocycles. The highest BCUT2D eigenvalue weighted by atomic mass is 16.3. The van der Waals surface area contributed by atoms with Crippen LogP contribution in [0.15, 0.2) is 0 Å². The molecule has 1 aliphatic rings. The molecule has 0 aromatic carbocycles. The molecule has 0 aliphatic heterocycles. The SMILES string of the molecule is CC1(C)C(=O)CCCC[C@@H]1O. The molecule has 1 atom stereocenters. The minimum absolute atomic E-state index is 0.211. The van der Waals surface area contributed by atoms with Crippen molar-refractivity contribution in [2.75, 3.05) is 0 Å². The zero-order chi connectivity index (χ0) is 8.48. The zero-order valence-corrected chi connectivity index (χ0v) is 7.26. The van der Waals surface area contributed by atoms with Gasteiger partial charge in [0, 0.05) is 11.8 Å². The summed E-state index contributed by atoms with van der Waals surface area (Å²) in [6.07, 6.45) is 2.91. The van der Waals surface area contributed by atoms with Crippen molar-refractivity contribution in [1.29, 1.82) is 0 Å². The number of rotatable bonds is 0. The molecule has 0 unspecified atom stereocenters. The maximum Gasteiger partial charge on any atom is 0.141 e. The molecule has 1 saturated carbocycles. The van der Waals surface area contributed by atoms with E-state index in [1.807, 2.05) is 13.8 Å². The third kappa shape index (κ3) is 1.62. The number of aliphatic hydroxyl groups is 1. The largest absolute Gasteiger partial charge is 0.392 e. The Morgan fingerprint density at radius 1 is 1.45 bits per heavy atom. The van der Waals surface area contributed by atoms with E-state index in [9.17, 15) is 9.90 Å². The summed E-state index contributed by atoms with van der Waals surface area (Å²) in [7, 11) is 0. The fraction of sp³-hybridized carbons (Fsp3) is 0.889. The van der Waals surface area contributed by atoms with E-state index in [-0.39, 0.29) is 5.78 Å². The molecule has 0 aromatic rings. The zero-order valence-electron chi connectivity index (χ0n) is 7.26. The number of ketones is 1. The van der Waals surface area contributed by atoms with Crippen molar-refractivity contribution in [3.05, 3.63) is 0 Å². The molecule has 64 valence electrons. The highest BCUT2D eigenvalue weighted by molar-refractivity contribution is 5.84. The van der Waals surface area contributed by atoms with Crippen LogP contribution in [0.25, 0.3) is 0 Å². The predicted molar refractivity (Wildman–Crippen MR) is 43.3 cm³/mol. The Kier molecular flexibility index (Phi) is 2.33. The molecular weight excluding hydrogens is 140 g/mol. The molecule has 2 nitrogen and oxygen atoms in total. The number of aliphatic hydroxyl groups excluding tert-OH is 1. The van der Waals surface area contributed by atoms with Crippen LogP contribution in [0.4, 0.5) is 0 Å². The smallest absolute Gasteiger partial charge is 0.141 e. The molecule has 2 heteroatoms. The summed E-state index contributed by atoms with van der Waals surface area (Å²) in [5, 5.41) is 9.57. The van der Waals surface area contributed by atoms with Gasteiger partial charge in [-0.2, -0.15) is 0 Å². The van der Waals surface area contributed by atoms with E-state index in [0.29, 0.717) is 6.42 Å². The fourth-order valence-electron chi connectivity index (χ4n) is 1.49. The van der Waals surface area contributed by atoms with Crippen LogP contribution in [0, 0.1) is 5.41 Å². The van der Waals surface area contributed by atoms with Gasteiger partial charge in [0.2, 0.25) is 0 Å². The number of Topliss-reactive ketones (excluding diaryl/α,β-unsaturated/α-hetero) is 1. The van der Waals surface area contributed by atoms with Crippen LogP contribution in [-0.2, 0) is 4.79 Å². The van der Waals surface area contributed by atoms with E-state index in [1.54, 1.807) is 0 Å². The molecule has 0 aromatic heterocycles. The summed E-state index contributed by atoms with van der Waals surface area (Å²) in [6, 6.07) is 0. The first-order valence-electron chi connectivity index (χ1n) is 4.26. The van der Waals surface area contributed by atoms with Crippen molar-refractivity contribution in [3.8, 4) is 0 Å². The lowest BCUT2D eigenvalue weighted by Gasteiger charge is -2.26. The van der Waals surface area contributed by atoms with E-state index >= 15 is 0 Å². The summed E-state index contributed by atoms with van der Waals surface area (Å²) < 4.78 is 0. The summed E-state index contributed by atoms with van der Waals surface area (Å²) in [5.41, 5.74) is -0.503. The van der Waals surface area contributed by atoms with Gasteiger partial charge in [-0.3, -0.25) is 4.79 Å². The average Bonchev–Trinajstić information content (AvgIpc) is 2.03. The maximum atomic E-state index is 11.4. The van der Waals surface area contributed by atoms with Gasteiger partial charge in [-0.1, -0.05) is 20.3 Å². The molecule has 0 heterocycles. The second-order valence-electron chi connectivity index (χ2n) is 3.91. The molecule has 11 heavy (non-hydrogen) atoms. The van der Waals surface area contributed by atoms with Crippen LogP contribution in [0.2, 0.25) is 0 Å². The van der Waals surface area contributed by atoms with Crippen LogP contribution in [0.1, 0.15) is 39.5 Å². The van der Waals surface area contributed by atoms with E-state index in [2.05, 4.69) is 0 Å². The van der Waals surface area contributed by atoms with Crippen LogP contribution in [0.5, 0.6) is 0 Å². The summed E-state index contributed by atoms with van der Waals surface area (Å²) in [5.74, 6) is 0.211. The van der Waals surface area contributed by atoms with Gasteiger partial charge >= 0.3 is 0 Å². The fourth-order valence-corrected chi connectivity index (χ4v) is 1.49. The number of carbonyl (C=O) groups excluding carboxylic acids is 1. The standard InChI is InChI=1S/C9H16O2/c1-9(2)7(10)5-3-4-6-8(9)11/h7,10H,3-6H2,1-2H3/t7-/m0/s1. The lowest BCUT2D eigenvalue weighted by atomic mass is 9.81. The summed E-state index contributed by atoms with van der Waals surface area (Å²) >= 11 is 0. The Bertz CT molecular complexity index is 161. The van der Waals surface area contributed by atoms with Gasteiger partial charge in [0.25, 0.3) is 0 Å². The monoisotopic (exact) mass is 156 g/mol. The second kappa shape index (κ2) is 2.94. The third-order valence-electron chi connectivity index (χ3n) is 2.68. The number of carbonyl (C=O) groups is 1. The van der Waals surface area contributed by atoms with E-state index in [4.69, 9.17) is 0 Å². The maximum absolute atomic E-state index is 11.4. The van der Waals surface area contributed by atoms with E-state index < -0.39 is 11.5 Å². The van der Waals surface area contributed by atoms with Crippen molar-refractivity contribution in [2.24, 2.45) is 5.41 Å². The minimum Gasteiger partial charge on any atom is -0.392 e. The van der Waals surface area contributed by atoms with Gasteiger partial charge < -0.3 is 5.11 Å². The summed E-state index contributed by atoms with van der Waals surface area (Å²) in [4.78, 5) is 11.4. The Morgan fingerprint density at radius 3 is 2.73 bits per heavy atom. The third-order valence-corrected chi connectivity index (χ3v) is 2.68. The van der Waals surface area contributed by atoms with Crippen LogP contribution in [0.3, 0.4) is 0 Å². The van der Waals surface area contributed by atoms with Crippen molar-refractivity contribution in [1.82, 2.24) is 0 Å². The minimum atomic E-state index is -0.503. The molecule has 0 radical (unpaired) electrons. The van der Waals surface area contributed by atoms with E-state index in [0.717, 1.165) is 19.3 Å². The Labute approximate surface area is 67.6 Å². The van der Waals surface area contributed by atoms with Crippen LogP contribution in [-0.4, -0.2) is 17.0 Å². The summed E-state index contributed by atoms with van der Waals surface area (Å²) in [6.45, 7) is 3.68. The molecule has 0 bridgehead atoms. The van der Waals surface area contributed by atoms with Crippen molar-refractivity contribution < 1.29 is 9.90 Å². The predicted octanol–water partition coefficient (Wildman–Crippen LogP) is 1.52. The number of hydrogen-bond donors (Lipinski definition) is 1. The quantitative estimate of drug-likeness (QED) is 0.540. The van der Waals surface area contributed by atoms with Gasteiger partial charge in [-0.15, -0.1) is 0 Å². The van der Waals surface area contributed by atoms with Crippen molar-refractivity contribution in [3.63, 3.8) is 0 Å². The molecule has 1 N–H and O–H groups in total. The number of hydrogen-bond acceptors (Lipinski definition) is 2. The molecule has 1 rings (SSSR count). The second-order valence-corrected chi connectivity index (χ2v) is 3.91. The average molecular weight is 156 g/mol. The lowest BCUT2D eigenvalue weighted by Crippen LogP contribution is -2.35. The Hall–Kier alpha value is -0.370.